The number of rotatable bonds is 3. The predicted molar refractivity (Wildman–Crippen MR) is 113 cm³/mol. The molecule has 0 saturated carbocycles. The molecule has 3 aromatic rings. The molecule has 0 aliphatic carbocycles. The van der Waals surface area contributed by atoms with Gasteiger partial charge in [-0.15, -0.1) is 0 Å². The minimum Gasteiger partial charge on any atom is -0.454 e. The largest absolute Gasteiger partial charge is 0.454 e. The molecule has 6 rings (SSSR count). The maximum Gasteiger partial charge on any atom is 0.231 e. The van der Waals surface area contributed by atoms with Crippen LogP contribution < -0.4 is 18.9 Å². The molecule has 0 spiro atoms. The predicted octanol–water partition coefficient (Wildman–Crippen LogP) is 4.74. The van der Waals surface area contributed by atoms with Gasteiger partial charge in [0.15, 0.2) is 23.0 Å². The van der Waals surface area contributed by atoms with Gasteiger partial charge < -0.3 is 18.9 Å². The Hall–Kier alpha value is -2.99. The van der Waals surface area contributed by atoms with E-state index >= 15 is 0 Å². The van der Waals surface area contributed by atoms with Gasteiger partial charge in [0.1, 0.15) is 0 Å². The van der Waals surface area contributed by atoms with Crippen molar-refractivity contribution in [1.82, 2.24) is 9.88 Å². The lowest BCUT2D eigenvalue weighted by Gasteiger charge is -2.22. The lowest BCUT2D eigenvalue weighted by molar-refractivity contribution is 0.174. The summed E-state index contributed by atoms with van der Waals surface area (Å²) >= 11 is 0. The van der Waals surface area contributed by atoms with Crippen molar-refractivity contribution in [3.05, 3.63) is 42.1 Å². The molecule has 154 valence electrons. The quantitative estimate of drug-likeness (QED) is 0.629. The van der Waals surface area contributed by atoms with E-state index in [1.807, 2.05) is 12.3 Å². The third-order valence-corrected chi connectivity index (χ3v) is 6.20. The Balaban J connectivity index is 1.42. The summed E-state index contributed by atoms with van der Waals surface area (Å²) in [4.78, 5) is 7.35. The van der Waals surface area contributed by atoms with E-state index < -0.39 is 0 Å². The summed E-state index contributed by atoms with van der Waals surface area (Å²) in [6.07, 6.45) is 7.07. The van der Waals surface area contributed by atoms with Gasteiger partial charge in [-0.25, -0.2) is 0 Å². The Morgan fingerprint density at radius 2 is 1.57 bits per heavy atom. The molecule has 0 bridgehead atoms. The summed E-state index contributed by atoms with van der Waals surface area (Å²) in [5, 5.41) is 2.06. The van der Waals surface area contributed by atoms with Crippen LogP contribution in [0.25, 0.3) is 22.0 Å². The number of pyridine rings is 1. The molecule has 1 aromatic heterocycles. The van der Waals surface area contributed by atoms with Crippen molar-refractivity contribution in [2.24, 2.45) is 0 Å². The highest BCUT2D eigenvalue weighted by atomic mass is 16.7. The highest BCUT2D eigenvalue weighted by Crippen LogP contribution is 2.42. The number of fused-ring (bicyclic) bond motifs is 4. The Morgan fingerprint density at radius 3 is 2.43 bits per heavy atom. The normalized spacial score (nSPS) is 18.0. The SMILES string of the molecule is c1c(CN2CCCCCC2)c(-c2cc3ccc4c(c3cn2)OCO4)cc2c1OCO2. The van der Waals surface area contributed by atoms with Crippen molar-refractivity contribution < 1.29 is 18.9 Å². The first-order chi connectivity index (χ1) is 14.8. The van der Waals surface area contributed by atoms with E-state index in [0.717, 1.165) is 64.7 Å². The van der Waals surface area contributed by atoms with Gasteiger partial charge in [-0.1, -0.05) is 18.9 Å². The first-order valence-corrected chi connectivity index (χ1v) is 10.7. The van der Waals surface area contributed by atoms with Crippen LogP contribution in [0.1, 0.15) is 31.2 Å². The molecular formula is C24H24N2O4. The van der Waals surface area contributed by atoms with Crippen LogP contribution in [-0.2, 0) is 6.54 Å². The molecule has 0 atom stereocenters. The van der Waals surface area contributed by atoms with Crippen LogP contribution in [0.5, 0.6) is 23.0 Å². The summed E-state index contributed by atoms with van der Waals surface area (Å²) in [5.74, 6) is 3.17. The Bertz CT molecular complexity index is 1110. The van der Waals surface area contributed by atoms with Gasteiger partial charge in [0, 0.05) is 23.7 Å². The average molecular weight is 404 g/mol. The summed E-state index contributed by atoms with van der Waals surface area (Å²) < 4.78 is 22.5. The maximum atomic E-state index is 5.67. The van der Waals surface area contributed by atoms with Crippen molar-refractivity contribution >= 4 is 10.8 Å². The molecule has 0 amide bonds. The summed E-state index contributed by atoms with van der Waals surface area (Å²) in [6.45, 7) is 3.72. The van der Waals surface area contributed by atoms with E-state index in [2.05, 4.69) is 29.2 Å². The highest BCUT2D eigenvalue weighted by Gasteiger charge is 2.22. The second-order valence-electron chi connectivity index (χ2n) is 8.14. The third-order valence-electron chi connectivity index (χ3n) is 6.20. The van der Waals surface area contributed by atoms with Gasteiger partial charge in [-0.3, -0.25) is 9.88 Å². The molecule has 2 aromatic carbocycles. The van der Waals surface area contributed by atoms with Gasteiger partial charge in [0.2, 0.25) is 13.6 Å². The van der Waals surface area contributed by atoms with Crippen LogP contribution in [0.15, 0.2) is 36.5 Å². The molecule has 3 aliphatic rings. The smallest absolute Gasteiger partial charge is 0.231 e. The molecule has 30 heavy (non-hydrogen) atoms. The highest BCUT2D eigenvalue weighted by molar-refractivity contribution is 5.93. The Labute approximate surface area is 175 Å². The van der Waals surface area contributed by atoms with Crippen LogP contribution in [-0.4, -0.2) is 36.6 Å². The number of nitrogens with zero attached hydrogens (tertiary/aromatic N) is 2. The van der Waals surface area contributed by atoms with Crippen molar-refractivity contribution in [3.63, 3.8) is 0 Å². The van der Waals surface area contributed by atoms with Crippen LogP contribution in [0.3, 0.4) is 0 Å². The van der Waals surface area contributed by atoms with Crippen molar-refractivity contribution in [2.45, 2.75) is 32.2 Å². The molecule has 1 fully saturated rings. The summed E-state index contributed by atoms with van der Waals surface area (Å²) in [6, 6.07) is 10.4. The van der Waals surface area contributed by atoms with Crippen LogP contribution in [0.2, 0.25) is 0 Å². The van der Waals surface area contributed by atoms with Gasteiger partial charge in [-0.2, -0.15) is 0 Å². The average Bonchev–Trinajstić information content (AvgIpc) is 3.37. The van der Waals surface area contributed by atoms with Crippen molar-refractivity contribution in [3.8, 4) is 34.3 Å². The zero-order valence-electron chi connectivity index (χ0n) is 16.9. The molecular weight excluding hydrogens is 380 g/mol. The molecule has 4 heterocycles. The minimum absolute atomic E-state index is 0.262. The fourth-order valence-corrected chi connectivity index (χ4v) is 4.62. The molecule has 6 heteroatoms. The molecule has 1 saturated heterocycles. The van der Waals surface area contributed by atoms with Crippen LogP contribution in [0.4, 0.5) is 0 Å². The Morgan fingerprint density at radius 1 is 0.800 bits per heavy atom. The van der Waals surface area contributed by atoms with Gasteiger partial charge >= 0.3 is 0 Å². The number of hydrogen-bond donors (Lipinski definition) is 0. The number of aromatic nitrogens is 1. The lowest BCUT2D eigenvalue weighted by Crippen LogP contribution is -2.24. The number of benzene rings is 2. The molecule has 0 unspecified atom stereocenters. The fourth-order valence-electron chi connectivity index (χ4n) is 4.62. The maximum absolute atomic E-state index is 5.67. The monoisotopic (exact) mass is 404 g/mol. The Kier molecular flexibility index (Phi) is 4.38. The molecule has 0 N–H and O–H groups in total. The van der Waals surface area contributed by atoms with E-state index in [-0.39, 0.29) is 13.6 Å². The first kappa shape index (κ1) is 17.8. The van der Waals surface area contributed by atoms with E-state index in [4.69, 9.17) is 23.9 Å². The van der Waals surface area contributed by atoms with E-state index in [1.54, 1.807) is 0 Å². The summed E-state index contributed by atoms with van der Waals surface area (Å²) in [5.41, 5.74) is 3.27. The van der Waals surface area contributed by atoms with Crippen LogP contribution >= 0.6 is 0 Å². The van der Waals surface area contributed by atoms with Crippen molar-refractivity contribution in [1.29, 1.82) is 0 Å². The van der Waals surface area contributed by atoms with Crippen molar-refractivity contribution in [2.75, 3.05) is 26.7 Å². The fraction of sp³-hybridized carbons (Fsp3) is 0.375. The van der Waals surface area contributed by atoms with E-state index in [0.29, 0.717) is 0 Å². The number of hydrogen-bond acceptors (Lipinski definition) is 6. The molecule has 3 aliphatic heterocycles. The second kappa shape index (κ2) is 7.36. The molecule has 6 nitrogen and oxygen atoms in total. The molecule has 0 radical (unpaired) electrons. The third kappa shape index (κ3) is 3.12. The van der Waals surface area contributed by atoms with Crippen LogP contribution in [0, 0.1) is 0 Å². The second-order valence-corrected chi connectivity index (χ2v) is 8.14. The number of ether oxygens (including phenoxy) is 4. The summed E-state index contributed by atoms with van der Waals surface area (Å²) in [7, 11) is 0. The standard InChI is InChI=1S/C24H24N2O4/c1-2-4-8-26(7-3-1)13-17-10-22-23(29-14-28-22)11-18(17)20-9-16-5-6-21-24(30-15-27-21)19(16)12-25-20/h5-6,9-12H,1-4,7-8,13-15H2. The zero-order chi connectivity index (χ0) is 19.9. The first-order valence-electron chi connectivity index (χ1n) is 10.7. The van der Waals surface area contributed by atoms with Gasteiger partial charge in [0.05, 0.1) is 5.69 Å². The van der Waals surface area contributed by atoms with E-state index in [1.165, 1.54) is 31.2 Å². The topological polar surface area (TPSA) is 53.1 Å². The van der Waals surface area contributed by atoms with Gasteiger partial charge in [0.25, 0.3) is 0 Å². The van der Waals surface area contributed by atoms with E-state index in [9.17, 15) is 0 Å². The van der Waals surface area contributed by atoms with Gasteiger partial charge in [-0.05, 0) is 61.1 Å². The lowest BCUT2D eigenvalue weighted by atomic mass is 10.00. The number of likely N-dealkylation sites (tertiary alicyclic amines) is 1. The minimum atomic E-state index is 0.262. The zero-order valence-corrected chi connectivity index (χ0v) is 16.9.